The summed E-state index contributed by atoms with van der Waals surface area (Å²) in [4.78, 5) is 28.0. The third-order valence-corrected chi connectivity index (χ3v) is 6.06. The van der Waals surface area contributed by atoms with Gasteiger partial charge in [0.25, 0.3) is 5.91 Å². The zero-order valence-electron chi connectivity index (χ0n) is 17.5. The highest BCUT2D eigenvalue weighted by Crippen LogP contribution is 2.42. The van der Waals surface area contributed by atoms with E-state index in [4.69, 9.17) is 9.47 Å². The number of hydrogen-bond acceptors (Lipinski definition) is 4. The lowest BCUT2D eigenvalue weighted by Crippen LogP contribution is -2.36. The highest BCUT2D eigenvalue weighted by atomic mass is 16.5. The molecule has 30 heavy (non-hydrogen) atoms. The predicted octanol–water partition coefficient (Wildman–Crippen LogP) is 3.09. The molecule has 4 rings (SSSR count). The average molecular weight is 408 g/mol. The van der Waals surface area contributed by atoms with Crippen LogP contribution in [-0.4, -0.2) is 50.6 Å². The largest absolute Gasteiger partial charge is 0.493 e. The molecule has 2 aromatic rings. The first-order valence-electron chi connectivity index (χ1n) is 10.4. The number of benzene rings is 2. The van der Waals surface area contributed by atoms with Crippen molar-refractivity contribution >= 4 is 11.8 Å². The first-order valence-corrected chi connectivity index (χ1v) is 10.4. The topological polar surface area (TPSA) is 67.9 Å². The molecule has 0 bridgehead atoms. The van der Waals surface area contributed by atoms with Gasteiger partial charge >= 0.3 is 0 Å². The average Bonchev–Trinajstić information content (AvgIpc) is 3.52. The van der Waals surface area contributed by atoms with Gasteiger partial charge in [-0.05, 0) is 37.0 Å². The minimum Gasteiger partial charge on any atom is -0.493 e. The van der Waals surface area contributed by atoms with Gasteiger partial charge in [0.1, 0.15) is 0 Å². The summed E-state index contributed by atoms with van der Waals surface area (Å²) in [6, 6.07) is 14.9. The van der Waals surface area contributed by atoms with Gasteiger partial charge < -0.3 is 19.7 Å². The first-order chi connectivity index (χ1) is 14.6. The SMILES string of the molecule is COc1cccc([C@H]2CN(C(=O)c3ccccc3)C[C@H]2C(=O)NCC2CC2)c1OC. The second-order valence-electron chi connectivity index (χ2n) is 8.06. The third kappa shape index (κ3) is 4.13. The molecule has 2 fully saturated rings. The predicted molar refractivity (Wildman–Crippen MR) is 114 cm³/mol. The summed E-state index contributed by atoms with van der Waals surface area (Å²) < 4.78 is 11.1. The third-order valence-electron chi connectivity index (χ3n) is 6.06. The Labute approximate surface area is 177 Å². The molecule has 2 amide bonds. The molecule has 1 N–H and O–H groups in total. The van der Waals surface area contributed by atoms with Crippen molar-refractivity contribution in [3.05, 3.63) is 59.7 Å². The smallest absolute Gasteiger partial charge is 0.253 e. The highest BCUT2D eigenvalue weighted by Gasteiger charge is 2.42. The van der Waals surface area contributed by atoms with E-state index >= 15 is 0 Å². The fraction of sp³-hybridized carbons (Fsp3) is 0.417. The number of carbonyl (C=O) groups is 2. The van der Waals surface area contributed by atoms with Crippen molar-refractivity contribution < 1.29 is 19.1 Å². The van der Waals surface area contributed by atoms with E-state index in [0.717, 1.165) is 5.56 Å². The summed E-state index contributed by atoms with van der Waals surface area (Å²) in [7, 11) is 3.20. The Morgan fingerprint density at radius 1 is 1.00 bits per heavy atom. The van der Waals surface area contributed by atoms with Crippen LogP contribution < -0.4 is 14.8 Å². The molecule has 1 aliphatic heterocycles. The van der Waals surface area contributed by atoms with E-state index in [2.05, 4.69) is 5.32 Å². The number of para-hydroxylation sites is 1. The number of carbonyl (C=O) groups excluding carboxylic acids is 2. The fourth-order valence-electron chi connectivity index (χ4n) is 4.22. The van der Waals surface area contributed by atoms with E-state index in [1.165, 1.54) is 12.8 Å². The first kappa shape index (κ1) is 20.3. The molecule has 2 aliphatic rings. The van der Waals surface area contributed by atoms with Crippen molar-refractivity contribution in [3.63, 3.8) is 0 Å². The molecule has 2 atom stereocenters. The maximum atomic E-state index is 13.1. The van der Waals surface area contributed by atoms with Gasteiger partial charge in [0.2, 0.25) is 5.91 Å². The zero-order valence-corrected chi connectivity index (χ0v) is 17.5. The van der Waals surface area contributed by atoms with E-state index in [9.17, 15) is 9.59 Å². The molecule has 0 unspecified atom stereocenters. The number of nitrogens with one attached hydrogen (secondary N) is 1. The van der Waals surface area contributed by atoms with Crippen LogP contribution in [0.25, 0.3) is 0 Å². The van der Waals surface area contributed by atoms with Crippen molar-refractivity contribution in [2.75, 3.05) is 33.9 Å². The lowest BCUT2D eigenvalue weighted by atomic mass is 9.87. The summed E-state index contributed by atoms with van der Waals surface area (Å²) >= 11 is 0. The van der Waals surface area contributed by atoms with E-state index in [-0.39, 0.29) is 23.7 Å². The highest BCUT2D eigenvalue weighted by molar-refractivity contribution is 5.95. The zero-order chi connectivity index (χ0) is 21.1. The summed E-state index contributed by atoms with van der Waals surface area (Å²) in [6.45, 7) is 1.55. The van der Waals surface area contributed by atoms with Crippen molar-refractivity contribution in [1.29, 1.82) is 0 Å². The van der Waals surface area contributed by atoms with Gasteiger partial charge in [-0.15, -0.1) is 0 Å². The molecular weight excluding hydrogens is 380 g/mol. The van der Waals surface area contributed by atoms with E-state index in [0.29, 0.717) is 42.6 Å². The van der Waals surface area contributed by atoms with Gasteiger partial charge in [0, 0.05) is 36.7 Å². The molecule has 1 heterocycles. The molecule has 6 heteroatoms. The second kappa shape index (κ2) is 8.78. The Hall–Kier alpha value is -3.02. The van der Waals surface area contributed by atoms with Crippen molar-refractivity contribution in [2.45, 2.75) is 18.8 Å². The molecule has 158 valence electrons. The van der Waals surface area contributed by atoms with Gasteiger partial charge in [-0.2, -0.15) is 0 Å². The molecular formula is C24H28N2O4. The molecule has 0 aromatic heterocycles. The van der Waals surface area contributed by atoms with Crippen LogP contribution in [-0.2, 0) is 4.79 Å². The Morgan fingerprint density at radius 3 is 2.43 bits per heavy atom. The van der Waals surface area contributed by atoms with Crippen LogP contribution in [0.4, 0.5) is 0 Å². The van der Waals surface area contributed by atoms with Crippen molar-refractivity contribution in [1.82, 2.24) is 10.2 Å². The second-order valence-corrected chi connectivity index (χ2v) is 8.06. The number of nitrogens with zero attached hydrogens (tertiary/aromatic N) is 1. The van der Waals surface area contributed by atoms with E-state index in [1.807, 2.05) is 48.5 Å². The van der Waals surface area contributed by atoms with Gasteiger partial charge in [-0.3, -0.25) is 9.59 Å². The summed E-state index contributed by atoms with van der Waals surface area (Å²) in [6.07, 6.45) is 2.35. The van der Waals surface area contributed by atoms with E-state index < -0.39 is 0 Å². The normalized spacial score (nSPS) is 20.7. The van der Waals surface area contributed by atoms with Crippen LogP contribution in [0.2, 0.25) is 0 Å². The minimum absolute atomic E-state index is 0.000125. The van der Waals surface area contributed by atoms with Crippen LogP contribution in [0.3, 0.4) is 0 Å². The maximum Gasteiger partial charge on any atom is 0.253 e. The quantitative estimate of drug-likeness (QED) is 0.765. The molecule has 1 saturated heterocycles. The van der Waals surface area contributed by atoms with Crippen LogP contribution in [0.1, 0.15) is 34.7 Å². The van der Waals surface area contributed by atoms with Gasteiger partial charge in [-0.25, -0.2) is 0 Å². The van der Waals surface area contributed by atoms with Crippen LogP contribution in [0.5, 0.6) is 11.5 Å². The minimum atomic E-state index is -0.336. The number of amides is 2. The Bertz CT molecular complexity index is 911. The standard InChI is InChI=1S/C24H28N2O4/c1-29-21-10-6-9-18(22(21)30-2)19-14-26(24(28)17-7-4-3-5-8-17)15-20(19)23(27)25-13-16-11-12-16/h3-10,16,19-20H,11-15H2,1-2H3,(H,25,27)/t19-,20-/m1/s1. The maximum absolute atomic E-state index is 13.1. The van der Waals surface area contributed by atoms with E-state index in [1.54, 1.807) is 19.1 Å². The fourth-order valence-corrected chi connectivity index (χ4v) is 4.22. The molecule has 6 nitrogen and oxygen atoms in total. The molecule has 0 spiro atoms. The molecule has 1 aliphatic carbocycles. The Morgan fingerprint density at radius 2 is 1.77 bits per heavy atom. The number of hydrogen-bond donors (Lipinski definition) is 1. The molecule has 0 radical (unpaired) electrons. The monoisotopic (exact) mass is 408 g/mol. The Kier molecular flexibility index (Phi) is 5.93. The van der Waals surface area contributed by atoms with Crippen LogP contribution in [0, 0.1) is 11.8 Å². The van der Waals surface area contributed by atoms with Gasteiger partial charge in [0.05, 0.1) is 20.1 Å². The summed E-state index contributed by atoms with van der Waals surface area (Å²) in [5.74, 6) is 1.29. The molecule has 1 saturated carbocycles. The number of ether oxygens (including phenoxy) is 2. The van der Waals surface area contributed by atoms with Crippen LogP contribution in [0.15, 0.2) is 48.5 Å². The molecule has 2 aromatic carbocycles. The summed E-state index contributed by atoms with van der Waals surface area (Å²) in [5.41, 5.74) is 1.53. The van der Waals surface area contributed by atoms with Crippen molar-refractivity contribution in [2.24, 2.45) is 11.8 Å². The number of rotatable bonds is 7. The number of likely N-dealkylation sites (tertiary alicyclic amines) is 1. The van der Waals surface area contributed by atoms with Gasteiger partial charge in [0.15, 0.2) is 11.5 Å². The summed E-state index contributed by atoms with van der Waals surface area (Å²) in [5, 5.41) is 3.10. The van der Waals surface area contributed by atoms with Crippen LogP contribution >= 0.6 is 0 Å². The number of methoxy groups -OCH3 is 2. The van der Waals surface area contributed by atoms with Gasteiger partial charge in [-0.1, -0.05) is 30.3 Å². The van der Waals surface area contributed by atoms with Crippen molar-refractivity contribution in [3.8, 4) is 11.5 Å². The lowest BCUT2D eigenvalue weighted by molar-refractivity contribution is -0.125. The Balaban J connectivity index is 1.63. The lowest BCUT2D eigenvalue weighted by Gasteiger charge is -2.21.